The zero-order valence-corrected chi connectivity index (χ0v) is 32.0. The van der Waals surface area contributed by atoms with E-state index in [0.717, 1.165) is 61.8 Å². The van der Waals surface area contributed by atoms with Gasteiger partial charge in [0.2, 0.25) is 11.6 Å². The van der Waals surface area contributed by atoms with Gasteiger partial charge in [0.15, 0.2) is 5.65 Å². The Labute approximate surface area is 345 Å². The second-order valence-electron chi connectivity index (χ2n) is 14.2. The van der Waals surface area contributed by atoms with E-state index >= 15 is 0 Å². The highest BCUT2D eigenvalue weighted by molar-refractivity contribution is 6.23. The topological polar surface area (TPSA) is 90.9 Å². The van der Waals surface area contributed by atoms with Crippen LogP contribution in [0.4, 0.5) is 34.1 Å². The lowest BCUT2D eigenvalue weighted by atomic mass is 9.88. The second kappa shape index (κ2) is 15.1. The molecule has 60 heavy (non-hydrogen) atoms. The molecule has 8 heteroatoms. The molecule has 8 aromatic carbocycles. The number of hydrogen-bond donors (Lipinski definition) is 0. The third-order valence-corrected chi connectivity index (χ3v) is 10.9. The SMILES string of the molecule is N#Cc1nc2c3ccc(-c4ccc(N(c5ccccc5)c5ccccc5)cc4)c4c(-c5ccc(N(c6ccccc6)c6ccccc6)cc5)ccc(c(=O)n2c1OC=O)c43. The minimum atomic E-state index is -0.439. The fourth-order valence-electron chi connectivity index (χ4n) is 8.25. The Bertz CT molecular complexity index is 3050. The Balaban J connectivity index is 1.18. The van der Waals surface area contributed by atoms with E-state index in [1.807, 2.05) is 103 Å². The summed E-state index contributed by atoms with van der Waals surface area (Å²) in [5.41, 5.74) is 9.49. The molecule has 0 bridgehead atoms. The Kier molecular flexibility index (Phi) is 9.01. The molecule has 8 nitrogen and oxygen atoms in total. The Morgan fingerprint density at radius 1 is 0.500 bits per heavy atom. The van der Waals surface area contributed by atoms with Crippen molar-refractivity contribution in [2.24, 2.45) is 0 Å². The van der Waals surface area contributed by atoms with Crippen LogP contribution in [0.3, 0.4) is 0 Å². The number of aromatic nitrogens is 2. The van der Waals surface area contributed by atoms with Gasteiger partial charge in [0, 0.05) is 50.3 Å². The first kappa shape index (κ1) is 35.8. The first-order chi connectivity index (χ1) is 29.6. The molecule has 0 radical (unpaired) electrons. The molecular weight excluding hydrogens is 743 g/mol. The van der Waals surface area contributed by atoms with Crippen LogP contribution in [0, 0.1) is 11.3 Å². The number of carbonyl (C=O) groups excluding carboxylic acids is 1. The van der Waals surface area contributed by atoms with Crippen LogP contribution in [-0.2, 0) is 4.79 Å². The summed E-state index contributed by atoms with van der Waals surface area (Å²) in [7, 11) is 0. The van der Waals surface area contributed by atoms with Gasteiger partial charge in [-0.1, -0.05) is 109 Å². The number of carbonyl (C=O) groups is 1. The van der Waals surface area contributed by atoms with Crippen molar-refractivity contribution >= 4 is 67.8 Å². The number of benzene rings is 8. The summed E-state index contributed by atoms with van der Waals surface area (Å²) in [4.78, 5) is 34.9. The van der Waals surface area contributed by atoms with Crippen molar-refractivity contribution in [3.63, 3.8) is 0 Å². The summed E-state index contributed by atoms with van der Waals surface area (Å²) in [6.07, 6.45) is 0. The van der Waals surface area contributed by atoms with Crippen LogP contribution in [0.25, 0.3) is 49.4 Å². The molecule has 0 N–H and O–H groups in total. The predicted octanol–water partition coefficient (Wildman–Crippen LogP) is 12.1. The maximum atomic E-state index is 14.4. The van der Waals surface area contributed by atoms with E-state index in [2.05, 4.69) is 112 Å². The molecule has 0 saturated heterocycles. The first-order valence-corrected chi connectivity index (χ1v) is 19.4. The van der Waals surface area contributed by atoms with Crippen molar-refractivity contribution < 1.29 is 9.53 Å². The van der Waals surface area contributed by atoms with Gasteiger partial charge in [-0.15, -0.1) is 0 Å². The number of rotatable bonds is 10. The van der Waals surface area contributed by atoms with Gasteiger partial charge in [0.25, 0.3) is 12.0 Å². The number of pyridine rings is 1. The van der Waals surface area contributed by atoms with Crippen LogP contribution < -0.4 is 20.1 Å². The van der Waals surface area contributed by atoms with Crippen molar-refractivity contribution in [3.8, 4) is 34.2 Å². The summed E-state index contributed by atoms with van der Waals surface area (Å²) in [6, 6.07) is 67.6. The number of hydrogen-bond acceptors (Lipinski definition) is 7. The van der Waals surface area contributed by atoms with Gasteiger partial charge in [-0.2, -0.15) is 5.26 Å². The summed E-state index contributed by atoms with van der Waals surface area (Å²) < 4.78 is 6.41. The zero-order valence-electron chi connectivity index (χ0n) is 32.0. The van der Waals surface area contributed by atoms with Crippen molar-refractivity contribution in [2.75, 3.05) is 9.80 Å². The lowest BCUT2D eigenvalue weighted by molar-refractivity contribution is -0.121. The molecule has 2 heterocycles. The largest absolute Gasteiger partial charge is 0.408 e. The Hall–Kier alpha value is -8.54. The second-order valence-corrected chi connectivity index (χ2v) is 14.2. The van der Waals surface area contributed by atoms with Gasteiger partial charge in [0.05, 0.1) is 0 Å². The van der Waals surface area contributed by atoms with E-state index in [9.17, 15) is 14.9 Å². The van der Waals surface area contributed by atoms with Gasteiger partial charge in [0.1, 0.15) is 6.07 Å². The molecule has 0 saturated carbocycles. The van der Waals surface area contributed by atoms with Crippen LogP contribution in [-0.4, -0.2) is 15.9 Å². The molecule has 0 aliphatic heterocycles. The third-order valence-electron chi connectivity index (χ3n) is 10.9. The normalized spacial score (nSPS) is 11.1. The number of anilines is 6. The average molecular weight is 776 g/mol. The lowest BCUT2D eigenvalue weighted by Gasteiger charge is -2.26. The van der Waals surface area contributed by atoms with Crippen LogP contribution in [0.5, 0.6) is 5.88 Å². The van der Waals surface area contributed by atoms with E-state index < -0.39 is 5.56 Å². The molecular formula is C52H33N5O3. The maximum Gasteiger partial charge on any atom is 0.299 e. The molecule has 10 aromatic rings. The van der Waals surface area contributed by atoms with Gasteiger partial charge in [-0.3, -0.25) is 9.59 Å². The quantitative estimate of drug-likeness (QED) is 0.128. The van der Waals surface area contributed by atoms with Gasteiger partial charge in [-0.25, -0.2) is 9.38 Å². The monoisotopic (exact) mass is 775 g/mol. The van der Waals surface area contributed by atoms with Crippen LogP contribution in [0.2, 0.25) is 0 Å². The maximum absolute atomic E-state index is 14.4. The highest BCUT2D eigenvalue weighted by Gasteiger charge is 2.24. The zero-order chi connectivity index (χ0) is 40.6. The minimum absolute atomic E-state index is 0.148. The lowest BCUT2D eigenvalue weighted by Crippen LogP contribution is -2.15. The molecule has 2 aromatic heterocycles. The number of fused-ring (bicyclic) bond motifs is 2. The molecule has 0 fully saturated rings. The van der Waals surface area contributed by atoms with Crippen molar-refractivity contribution in [3.05, 3.63) is 210 Å². The number of ether oxygens (including phenoxy) is 1. The van der Waals surface area contributed by atoms with E-state index in [-0.39, 0.29) is 23.7 Å². The smallest absolute Gasteiger partial charge is 0.299 e. The van der Waals surface area contributed by atoms with E-state index in [1.165, 1.54) is 4.40 Å². The van der Waals surface area contributed by atoms with Crippen molar-refractivity contribution in [2.45, 2.75) is 0 Å². The Morgan fingerprint density at radius 3 is 1.30 bits per heavy atom. The Morgan fingerprint density at radius 2 is 0.900 bits per heavy atom. The fourth-order valence-corrected chi connectivity index (χ4v) is 8.25. The van der Waals surface area contributed by atoms with Gasteiger partial charge in [-0.05, 0) is 113 Å². The number of nitrogens with zero attached hydrogens (tertiary/aromatic N) is 5. The standard InChI is InChI=1S/C52H33N5O3/c53-33-47-52(60-34-58)57-50(54-47)45-31-29-43(35-21-25-41(26-22-35)55(37-13-5-1-6-14-37)38-15-7-2-8-16-38)48-44(30-32-46(49(45)48)51(57)59)36-23-27-42(28-24-36)56(39-17-9-3-10-18-39)40-19-11-4-12-20-40/h1-32,34H. The number of imidazole rings is 1. The van der Waals surface area contributed by atoms with Crippen molar-refractivity contribution in [1.29, 1.82) is 5.26 Å². The highest BCUT2D eigenvalue weighted by atomic mass is 16.5. The summed E-state index contributed by atoms with van der Waals surface area (Å²) in [5, 5.41) is 12.6. The summed E-state index contributed by atoms with van der Waals surface area (Å²) in [5.74, 6) is -0.201. The average Bonchev–Trinajstić information content (AvgIpc) is 3.69. The molecule has 0 atom stereocenters. The van der Waals surface area contributed by atoms with Crippen LogP contribution >= 0.6 is 0 Å². The van der Waals surface area contributed by atoms with Gasteiger partial charge < -0.3 is 14.5 Å². The molecule has 0 unspecified atom stereocenters. The molecule has 0 aliphatic carbocycles. The molecule has 284 valence electrons. The summed E-state index contributed by atoms with van der Waals surface area (Å²) >= 11 is 0. The predicted molar refractivity (Wildman–Crippen MR) is 239 cm³/mol. The number of para-hydroxylation sites is 4. The van der Waals surface area contributed by atoms with Crippen LogP contribution in [0.1, 0.15) is 5.69 Å². The van der Waals surface area contributed by atoms with E-state index in [0.29, 0.717) is 16.2 Å². The van der Waals surface area contributed by atoms with Crippen molar-refractivity contribution in [1.82, 2.24) is 9.38 Å². The van der Waals surface area contributed by atoms with E-state index in [4.69, 9.17) is 4.74 Å². The fraction of sp³-hybridized carbons (Fsp3) is 0. The molecule has 0 spiro atoms. The van der Waals surface area contributed by atoms with Crippen LogP contribution in [0.15, 0.2) is 199 Å². The molecule has 10 rings (SSSR count). The summed E-state index contributed by atoms with van der Waals surface area (Å²) in [6.45, 7) is 0.205. The molecule has 0 aliphatic rings. The minimum Gasteiger partial charge on any atom is -0.408 e. The third kappa shape index (κ3) is 6.06. The van der Waals surface area contributed by atoms with Gasteiger partial charge >= 0.3 is 0 Å². The highest BCUT2D eigenvalue weighted by Crippen LogP contribution is 2.44. The van der Waals surface area contributed by atoms with E-state index in [1.54, 1.807) is 0 Å². The first-order valence-electron chi connectivity index (χ1n) is 19.4. The number of nitriles is 1. The molecule has 0 amide bonds.